The number of phenols is 1. The van der Waals surface area contributed by atoms with Gasteiger partial charge in [0.05, 0.1) is 11.8 Å². The maximum atomic E-state index is 12.2. The Labute approximate surface area is 120 Å². The lowest BCUT2D eigenvalue weighted by Crippen LogP contribution is -2.34. The molecular weight excluding hydrogens is 286 g/mol. The minimum absolute atomic E-state index is 0.00490. The zero-order valence-electron chi connectivity index (χ0n) is 11.4. The zero-order chi connectivity index (χ0) is 14.6. The molecule has 0 aliphatic rings. The maximum Gasteiger partial charge on any atom is 0.214 e. The van der Waals surface area contributed by atoms with E-state index in [9.17, 15) is 13.5 Å². The predicted octanol–water partition coefficient (Wildman–Crippen LogP) is 2.59. The second-order valence-corrected chi connectivity index (χ2v) is 7.17. The van der Waals surface area contributed by atoms with E-state index in [0.717, 1.165) is 0 Å². The van der Waals surface area contributed by atoms with E-state index in [1.54, 1.807) is 38.1 Å². The molecule has 1 aromatic carbocycles. The number of rotatable bonds is 6. The van der Waals surface area contributed by atoms with Crippen molar-refractivity contribution in [1.29, 1.82) is 0 Å². The summed E-state index contributed by atoms with van der Waals surface area (Å²) in [7, 11) is -1.88. The van der Waals surface area contributed by atoms with Gasteiger partial charge in [-0.15, -0.1) is 11.6 Å². The first-order chi connectivity index (χ1) is 8.79. The summed E-state index contributed by atoms with van der Waals surface area (Å²) in [6.45, 7) is 3.54. The average molecular weight is 306 g/mol. The highest BCUT2D eigenvalue weighted by molar-refractivity contribution is 7.89. The van der Waals surface area contributed by atoms with Crippen molar-refractivity contribution in [3.63, 3.8) is 0 Å². The van der Waals surface area contributed by atoms with Crippen LogP contribution in [0.3, 0.4) is 0 Å². The highest BCUT2D eigenvalue weighted by atomic mass is 35.5. The predicted molar refractivity (Wildman–Crippen MR) is 78.0 cm³/mol. The van der Waals surface area contributed by atoms with Crippen LogP contribution in [0, 0.1) is 5.92 Å². The Balaban J connectivity index is 2.94. The largest absolute Gasteiger partial charge is 0.508 e. The monoisotopic (exact) mass is 305 g/mol. The van der Waals surface area contributed by atoms with Gasteiger partial charge in [0, 0.05) is 18.5 Å². The first-order valence-electron chi connectivity index (χ1n) is 6.09. The van der Waals surface area contributed by atoms with Crippen molar-refractivity contribution in [3.05, 3.63) is 29.8 Å². The lowest BCUT2D eigenvalue weighted by Gasteiger charge is -2.26. The maximum absolute atomic E-state index is 12.2. The van der Waals surface area contributed by atoms with Crippen molar-refractivity contribution in [2.75, 3.05) is 18.7 Å². The summed E-state index contributed by atoms with van der Waals surface area (Å²) in [5.41, 5.74) is 0.590. The molecule has 4 nitrogen and oxygen atoms in total. The van der Waals surface area contributed by atoms with Crippen LogP contribution in [-0.4, -0.2) is 36.5 Å². The van der Waals surface area contributed by atoms with E-state index in [-0.39, 0.29) is 17.4 Å². The molecule has 1 aromatic rings. The molecule has 1 N–H and O–H groups in total. The Morgan fingerprint density at radius 2 is 1.89 bits per heavy atom. The Hall–Kier alpha value is -0.780. The third-order valence-corrected chi connectivity index (χ3v) is 5.84. The summed E-state index contributed by atoms with van der Waals surface area (Å²) < 4.78 is 25.7. The molecule has 0 spiro atoms. The highest BCUT2D eigenvalue weighted by Crippen LogP contribution is 2.29. The first-order valence-corrected chi connectivity index (χ1v) is 8.23. The first kappa shape index (κ1) is 16.3. The number of sulfonamides is 1. The number of alkyl halides is 1. The van der Waals surface area contributed by atoms with Crippen LogP contribution in [0.2, 0.25) is 0 Å². The van der Waals surface area contributed by atoms with E-state index in [1.807, 2.05) is 0 Å². The Morgan fingerprint density at radius 3 is 2.42 bits per heavy atom. The van der Waals surface area contributed by atoms with E-state index in [2.05, 4.69) is 0 Å². The van der Waals surface area contributed by atoms with Crippen molar-refractivity contribution in [2.24, 2.45) is 5.92 Å². The van der Waals surface area contributed by atoms with Crippen molar-refractivity contribution >= 4 is 21.6 Å². The summed E-state index contributed by atoms with van der Waals surface area (Å²) in [6.07, 6.45) is 0. The number of hydrogen-bond acceptors (Lipinski definition) is 3. The van der Waals surface area contributed by atoms with E-state index in [4.69, 9.17) is 11.6 Å². The van der Waals surface area contributed by atoms with Gasteiger partial charge in [-0.25, -0.2) is 8.42 Å². The summed E-state index contributed by atoms with van der Waals surface area (Å²) in [4.78, 5) is 0. The van der Waals surface area contributed by atoms with Gasteiger partial charge in [-0.3, -0.25) is 0 Å². The lowest BCUT2D eigenvalue weighted by molar-refractivity contribution is 0.378. The normalized spacial score (nSPS) is 15.4. The van der Waals surface area contributed by atoms with Gasteiger partial charge in [-0.2, -0.15) is 4.31 Å². The van der Waals surface area contributed by atoms with Crippen LogP contribution in [0.1, 0.15) is 25.5 Å². The van der Waals surface area contributed by atoms with E-state index in [1.165, 1.54) is 11.4 Å². The molecule has 2 unspecified atom stereocenters. The summed E-state index contributed by atoms with van der Waals surface area (Å²) in [6, 6.07) is 6.32. The van der Waals surface area contributed by atoms with Gasteiger partial charge < -0.3 is 5.11 Å². The van der Waals surface area contributed by atoms with Crippen molar-refractivity contribution in [2.45, 2.75) is 19.9 Å². The van der Waals surface area contributed by atoms with Crippen molar-refractivity contribution in [1.82, 2.24) is 4.31 Å². The molecule has 0 amide bonds. The summed E-state index contributed by atoms with van der Waals surface area (Å²) in [5, 5.41) is 9.78. The van der Waals surface area contributed by atoms with Crippen LogP contribution in [0.5, 0.6) is 5.75 Å². The molecule has 0 bridgehead atoms. The Kier molecular flexibility index (Phi) is 5.64. The Bertz CT molecular complexity index is 518. The molecule has 0 aliphatic heterocycles. The fraction of sp³-hybridized carbons (Fsp3) is 0.538. The molecule has 0 heterocycles. The van der Waals surface area contributed by atoms with Gasteiger partial charge in [0.25, 0.3) is 0 Å². The molecule has 0 aliphatic carbocycles. The van der Waals surface area contributed by atoms with Gasteiger partial charge in [0.1, 0.15) is 5.75 Å². The molecule has 0 aromatic heterocycles. The molecule has 19 heavy (non-hydrogen) atoms. The van der Waals surface area contributed by atoms with Gasteiger partial charge in [0.2, 0.25) is 10.0 Å². The molecule has 0 fully saturated rings. The van der Waals surface area contributed by atoms with Crippen LogP contribution >= 0.6 is 11.6 Å². The molecule has 0 radical (unpaired) electrons. The quantitative estimate of drug-likeness (QED) is 0.822. The standard InChI is InChI=1S/C13H20ClNO3S/c1-10(8-14)9-19(17,18)15(3)11(2)12-6-4-5-7-13(12)16/h4-7,10-11,16H,8-9H2,1-3H3. The number of benzene rings is 1. The van der Waals surface area contributed by atoms with E-state index < -0.39 is 16.1 Å². The zero-order valence-corrected chi connectivity index (χ0v) is 12.9. The highest BCUT2D eigenvalue weighted by Gasteiger charge is 2.27. The molecule has 1 rings (SSSR count). The summed E-state index contributed by atoms with van der Waals surface area (Å²) in [5.74, 6) is 0.302. The lowest BCUT2D eigenvalue weighted by atomic mass is 10.1. The van der Waals surface area contributed by atoms with E-state index in [0.29, 0.717) is 11.4 Å². The topological polar surface area (TPSA) is 57.6 Å². The SMILES string of the molecule is CC(CCl)CS(=O)(=O)N(C)C(C)c1ccccc1O. The number of phenolic OH excluding ortho intramolecular Hbond substituents is 1. The number of nitrogens with zero attached hydrogens (tertiary/aromatic N) is 1. The molecule has 6 heteroatoms. The molecule has 2 atom stereocenters. The number of para-hydroxylation sites is 1. The third-order valence-electron chi connectivity index (χ3n) is 3.13. The van der Waals surface area contributed by atoms with Crippen LogP contribution in [0.25, 0.3) is 0 Å². The van der Waals surface area contributed by atoms with Crippen LogP contribution < -0.4 is 0 Å². The van der Waals surface area contributed by atoms with Gasteiger partial charge >= 0.3 is 0 Å². The number of aromatic hydroxyl groups is 1. The van der Waals surface area contributed by atoms with Crippen LogP contribution in [0.4, 0.5) is 0 Å². The average Bonchev–Trinajstić information content (AvgIpc) is 2.37. The number of hydrogen-bond donors (Lipinski definition) is 1. The van der Waals surface area contributed by atoms with Crippen molar-refractivity contribution < 1.29 is 13.5 Å². The summed E-state index contributed by atoms with van der Waals surface area (Å²) >= 11 is 5.66. The molecule has 0 saturated heterocycles. The third kappa shape index (κ3) is 4.09. The molecule has 108 valence electrons. The van der Waals surface area contributed by atoms with Gasteiger partial charge in [0.15, 0.2) is 0 Å². The number of halogens is 1. The van der Waals surface area contributed by atoms with Crippen molar-refractivity contribution in [3.8, 4) is 5.75 Å². The molecular formula is C13H20ClNO3S. The smallest absolute Gasteiger partial charge is 0.214 e. The fourth-order valence-corrected chi connectivity index (χ4v) is 3.71. The second-order valence-electron chi connectivity index (χ2n) is 4.79. The fourth-order valence-electron chi connectivity index (χ4n) is 1.80. The van der Waals surface area contributed by atoms with Gasteiger partial charge in [-0.05, 0) is 18.9 Å². The van der Waals surface area contributed by atoms with E-state index >= 15 is 0 Å². The minimum atomic E-state index is -3.40. The van der Waals surface area contributed by atoms with Gasteiger partial charge in [-0.1, -0.05) is 25.1 Å². The molecule has 0 saturated carbocycles. The minimum Gasteiger partial charge on any atom is -0.508 e. The van der Waals surface area contributed by atoms with Crippen LogP contribution in [-0.2, 0) is 10.0 Å². The van der Waals surface area contributed by atoms with Crippen LogP contribution in [0.15, 0.2) is 24.3 Å². The second kappa shape index (κ2) is 6.59. The Morgan fingerprint density at radius 1 is 1.32 bits per heavy atom.